The summed E-state index contributed by atoms with van der Waals surface area (Å²) in [6.45, 7) is 3.51. The smallest absolute Gasteiger partial charge is 0.367 e. The summed E-state index contributed by atoms with van der Waals surface area (Å²) in [5, 5.41) is 12.2. The van der Waals surface area contributed by atoms with Gasteiger partial charge in [0.05, 0.1) is 6.07 Å². The van der Waals surface area contributed by atoms with Gasteiger partial charge in [-0.25, -0.2) is 0 Å². The number of nitriles is 1. The lowest BCUT2D eigenvalue weighted by Crippen LogP contribution is -2.33. The Hall–Kier alpha value is -1.70. The molecule has 1 aromatic carbocycles. The molecule has 5 heteroatoms. The topological polar surface area (TPSA) is 35.8 Å². The number of hydrogen-bond donors (Lipinski definition) is 1. The number of para-hydroxylation sites is 1. The molecule has 1 atom stereocenters. The predicted octanol–water partition coefficient (Wildman–Crippen LogP) is 4.42. The van der Waals surface area contributed by atoms with Gasteiger partial charge in [-0.05, 0) is 38.3 Å². The van der Waals surface area contributed by atoms with E-state index < -0.39 is 18.1 Å². The Bertz CT molecular complexity index is 462. The monoisotopic (exact) mass is 270 g/mol. The minimum Gasteiger partial charge on any atom is -0.367 e. The van der Waals surface area contributed by atoms with E-state index in [1.807, 2.05) is 31.2 Å². The number of anilines is 1. The summed E-state index contributed by atoms with van der Waals surface area (Å²) in [5.41, 5.74) is 0.746. The quantitative estimate of drug-likeness (QED) is 0.859. The van der Waals surface area contributed by atoms with Crippen LogP contribution in [-0.2, 0) is 0 Å². The average Bonchev–Trinajstić information content (AvgIpc) is 2.30. The first-order valence-corrected chi connectivity index (χ1v) is 6.08. The van der Waals surface area contributed by atoms with Crippen LogP contribution in [0.1, 0.15) is 31.7 Å². The second-order valence-electron chi connectivity index (χ2n) is 4.85. The second kappa shape index (κ2) is 5.96. The number of aryl methyl sites for hydroxylation is 1. The summed E-state index contributed by atoms with van der Waals surface area (Å²) in [7, 11) is 0. The largest absolute Gasteiger partial charge is 0.389 e. The molecule has 0 saturated carbocycles. The molecule has 104 valence electrons. The Kier molecular flexibility index (Phi) is 4.82. The number of alkyl halides is 3. The maximum absolute atomic E-state index is 12.1. The zero-order valence-electron chi connectivity index (χ0n) is 11.0. The molecule has 0 heterocycles. The number of rotatable bonds is 5. The Morgan fingerprint density at radius 2 is 1.84 bits per heavy atom. The van der Waals surface area contributed by atoms with E-state index in [9.17, 15) is 18.4 Å². The van der Waals surface area contributed by atoms with E-state index in [1.54, 1.807) is 6.92 Å². The Morgan fingerprint density at radius 3 is 2.37 bits per heavy atom. The van der Waals surface area contributed by atoms with Gasteiger partial charge in [-0.2, -0.15) is 18.4 Å². The van der Waals surface area contributed by atoms with E-state index in [-0.39, 0.29) is 12.8 Å². The maximum atomic E-state index is 12.1. The van der Waals surface area contributed by atoms with Crippen LogP contribution >= 0.6 is 0 Å². The Morgan fingerprint density at radius 1 is 1.21 bits per heavy atom. The van der Waals surface area contributed by atoms with Crippen molar-refractivity contribution in [2.45, 2.75) is 44.8 Å². The molecular formula is C14H17F3N2. The summed E-state index contributed by atoms with van der Waals surface area (Å²) in [6.07, 6.45) is -4.94. The predicted molar refractivity (Wildman–Crippen MR) is 68.7 cm³/mol. The first kappa shape index (κ1) is 15.4. The minimum atomic E-state index is -4.17. The van der Waals surface area contributed by atoms with Crippen LogP contribution in [0, 0.1) is 18.3 Å². The third-order valence-electron chi connectivity index (χ3n) is 2.94. The van der Waals surface area contributed by atoms with Crippen molar-refractivity contribution in [2.24, 2.45) is 0 Å². The van der Waals surface area contributed by atoms with Crippen LogP contribution in [0.2, 0.25) is 0 Å². The van der Waals surface area contributed by atoms with Crippen LogP contribution in [0.25, 0.3) is 0 Å². The van der Waals surface area contributed by atoms with Crippen molar-refractivity contribution in [2.75, 3.05) is 5.32 Å². The zero-order valence-corrected chi connectivity index (χ0v) is 11.0. The normalized spacial score (nSPS) is 14.5. The SMILES string of the molecule is Cc1ccccc1NC(C)(C#N)CCCC(F)(F)F. The Balaban J connectivity index is 2.66. The third-order valence-corrected chi connectivity index (χ3v) is 2.94. The molecule has 1 N–H and O–H groups in total. The molecule has 0 amide bonds. The van der Waals surface area contributed by atoms with Gasteiger partial charge in [-0.3, -0.25) is 0 Å². The molecule has 0 aliphatic rings. The molecule has 0 radical (unpaired) electrons. The number of hydrogen-bond acceptors (Lipinski definition) is 2. The molecule has 0 aliphatic carbocycles. The van der Waals surface area contributed by atoms with E-state index in [4.69, 9.17) is 0 Å². The fraction of sp³-hybridized carbons (Fsp3) is 0.500. The lowest BCUT2D eigenvalue weighted by atomic mass is 9.95. The van der Waals surface area contributed by atoms with Crippen molar-refractivity contribution in [3.8, 4) is 6.07 Å². The van der Waals surface area contributed by atoms with Gasteiger partial charge in [-0.15, -0.1) is 0 Å². The lowest BCUT2D eigenvalue weighted by molar-refractivity contribution is -0.135. The fourth-order valence-electron chi connectivity index (χ4n) is 1.80. The summed E-state index contributed by atoms with van der Waals surface area (Å²) < 4.78 is 36.4. The molecule has 2 nitrogen and oxygen atoms in total. The first-order chi connectivity index (χ1) is 8.76. The zero-order chi connectivity index (χ0) is 14.5. The minimum absolute atomic E-state index is 0.0631. The summed E-state index contributed by atoms with van der Waals surface area (Å²) in [5.74, 6) is 0. The maximum Gasteiger partial charge on any atom is 0.389 e. The second-order valence-corrected chi connectivity index (χ2v) is 4.85. The number of halogens is 3. The highest BCUT2D eigenvalue weighted by Gasteiger charge is 2.30. The third kappa shape index (κ3) is 5.21. The molecule has 1 unspecified atom stereocenters. The van der Waals surface area contributed by atoms with Crippen LogP contribution in [0.3, 0.4) is 0 Å². The number of benzene rings is 1. The van der Waals surface area contributed by atoms with Gasteiger partial charge in [0, 0.05) is 12.1 Å². The Labute approximate surface area is 111 Å². The van der Waals surface area contributed by atoms with Gasteiger partial charge in [0.15, 0.2) is 0 Å². The van der Waals surface area contributed by atoms with E-state index >= 15 is 0 Å². The molecule has 0 fully saturated rings. The highest BCUT2D eigenvalue weighted by Crippen LogP contribution is 2.27. The molecule has 1 aromatic rings. The standard InChI is InChI=1S/C14H17F3N2/c1-11-6-3-4-7-12(11)19-13(2,10-18)8-5-9-14(15,16)17/h3-4,6-7,19H,5,8-9H2,1-2H3. The van der Waals surface area contributed by atoms with E-state index in [0.717, 1.165) is 11.3 Å². The van der Waals surface area contributed by atoms with Crippen LogP contribution in [0.5, 0.6) is 0 Å². The number of nitrogens with one attached hydrogen (secondary N) is 1. The molecule has 0 bridgehead atoms. The van der Waals surface area contributed by atoms with Crippen LogP contribution in [0.4, 0.5) is 18.9 Å². The van der Waals surface area contributed by atoms with Crippen molar-refractivity contribution in [1.29, 1.82) is 5.26 Å². The van der Waals surface area contributed by atoms with Gasteiger partial charge in [-0.1, -0.05) is 18.2 Å². The van der Waals surface area contributed by atoms with E-state index in [1.165, 1.54) is 0 Å². The van der Waals surface area contributed by atoms with Gasteiger partial charge in [0.25, 0.3) is 0 Å². The van der Waals surface area contributed by atoms with Gasteiger partial charge in [0.1, 0.15) is 5.54 Å². The fourth-order valence-corrected chi connectivity index (χ4v) is 1.80. The molecule has 0 saturated heterocycles. The number of nitrogens with zero attached hydrogens (tertiary/aromatic N) is 1. The highest BCUT2D eigenvalue weighted by atomic mass is 19.4. The molecule has 0 spiro atoms. The first-order valence-electron chi connectivity index (χ1n) is 6.08. The van der Waals surface area contributed by atoms with Crippen molar-refractivity contribution in [3.63, 3.8) is 0 Å². The summed E-state index contributed by atoms with van der Waals surface area (Å²) in [6, 6.07) is 9.45. The van der Waals surface area contributed by atoms with E-state index in [2.05, 4.69) is 11.4 Å². The van der Waals surface area contributed by atoms with Crippen LogP contribution < -0.4 is 5.32 Å². The van der Waals surface area contributed by atoms with Crippen LogP contribution in [-0.4, -0.2) is 11.7 Å². The van der Waals surface area contributed by atoms with Crippen molar-refractivity contribution in [3.05, 3.63) is 29.8 Å². The molecule has 19 heavy (non-hydrogen) atoms. The van der Waals surface area contributed by atoms with Gasteiger partial charge in [0.2, 0.25) is 0 Å². The molecule has 1 rings (SSSR count). The molecule has 0 aromatic heterocycles. The van der Waals surface area contributed by atoms with Gasteiger partial charge < -0.3 is 5.32 Å². The summed E-state index contributed by atoms with van der Waals surface area (Å²) >= 11 is 0. The summed E-state index contributed by atoms with van der Waals surface area (Å²) in [4.78, 5) is 0. The molecule has 0 aliphatic heterocycles. The van der Waals surface area contributed by atoms with Crippen molar-refractivity contribution >= 4 is 5.69 Å². The van der Waals surface area contributed by atoms with Crippen molar-refractivity contribution < 1.29 is 13.2 Å². The van der Waals surface area contributed by atoms with Gasteiger partial charge >= 0.3 is 6.18 Å². The average molecular weight is 270 g/mol. The lowest BCUT2D eigenvalue weighted by Gasteiger charge is -2.25. The van der Waals surface area contributed by atoms with Crippen LogP contribution in [0.15, 0.2) is 24.3 Å². The van der Waals surface area contributed by atoms with E-state index in [0.29, 0.717) is 0 Å². The molecular weight excluding hydrogens is 253 g/mol. The van der Waals surface area contributed by atoms with Crippen molar-refractivity contribution in [1.82, 2.24) is 0 Å². The highest BCUT2D eigenvalue weighted by molar-refractivity contribution is 5.53.